The minimum absolute atomic E-state index is 0.0149. The van der Waals surface area contributed by atoms with Crippen molar-refractivity contribution in [3.05, 3.63) is 41.2 Å². The molecule has 2 aliphatic rings. The number of aromatic nitrogens is 3. The second-order valence-electron chi connectivity index (χ2n) is 7.37. The number of H-pyrrole nitrogens is 1. The molecule has 2 aromatic heterocycles. The zero-order chi connectivity index (χ0) is 17.8. The molecule has 1 saturated carbocycles. The number of hydrogen-bond donors (Lipinski definition) is 3. The maximum atomic E-state index is 12.2. The first-order chi connectivity index (χ1) is 12.6. The molecular formula is C20H21N5O. The summed E-state index contributed by atoms with van der Waals surface area (Å²) in [5.41, 5.74) is 6.26. The molecule has 3 aromatic rings. The quantitative estimate of drug-likeness (QED) is 0.678. The molecule has 1 aromatic carbocycles. The highest BCUT2D eigenvalue weighted by Gasteiger charge is 2.26. The van der Waals surface area contributed by atoms with Crippen LogP contribution in [0.25, 0.3) is 22.3 Å². The number of rotatable bonds is 3. The van der Waals surface area contributed by atoms with Crippen LogP contribution in [0, 0.1) is 6.92 Å². The monoisotopic (exact) mass is 347 g/mol. The third-order valence-corrected chi connectivity index (χ3v) is 5.23. The molecular weight excluding hydrogens is 326 g/mol. The smallest absolute Gasteiger partial charge is 0.253 e. The van der Waals surface area contributed by atoms with Crippen LogP contribution in [0.1, 0.15) is 47.4 Å². The fourth-order valence-corrected chi connectivity index (χ4v) is 3.58. The van der Waals surface area contributed by atoms with Gasteiger partial charge in [0.25, 0.3) is 5.91 Å². The van der Waals surface area contributed by atoms with Crippen LogP contribution >= 0.6 is 0 Å². The van der Waals surface area contributed by atoms with E-state index in [1.807, 2.05) is 31.2 Å². The minimum Gasteiger partial charge on any atom is -0.366 e. The first kappa shape index (κ1) is 15.4. The summed E-state index contributed by atoms with van der Waals surface area (Å²) in [6.07, 6.45) is 2.38. The highest BCUT2D eigenvalue weighted by atomic mass is 16.1. The summed E-state index contributed by atoms with van der Waals surface area (Å²) in [6.45, 7) is 4.77. The van der Waals surface area contributed by atoms with Crippen LogP contribution in [0.3, 0.4) is 0 Å². The van der Waals surface area contributed by atoms with Crippen molar-refractivity contribution in [3.63, 3.8) is 0 Å². The zero-order valence-electron chi connectivity index (χ0n) is 14.9. The van der Waals surface area contributed by atoms with Gasteiger partial charge in [0.05, 0.1) is 16.8 Å². The van der Waals surface area contributed by atoms with Gasteiger partial charge in [-0.1, -0.05) is 19.1 Å². The molecule has 0 saturated heterocycles. The summed E-state index contributed by atoms with van der Waals surface area (Å²) in [7, 11) is 0. The van der Waals surface area contributed by atoms with Crippen LogP contribution in [0.2, 0.25) is 0 Å². The lowest BCUT2D eigenvalue weighted by Gasteiger charge is -2.18. The molecule has 132 valence electrons. The van der Waals surface area contributed by atoms with Crippen molar-refractivity contribution in [2.45, 2.75) is 38.6 Å². The van der Waals surface area contributed by atoms with Crippen LogP contribution in [0.4, 0.5) is 5.82 Å². The van der Waals surface area contributed by atoms with Gasteiger partial charge in [-0.3, -0.25) is 4.79 Å². The molecule has 6 nitrogen and oxygen atoms in total. The molecule has 0 radical (unpaired) electrons. The Labute approximate surface area is 151 Å². The maximum Gasteiger partial charge on any atom is 0.253 e. The largest absolute Gasteiger partial charge is 0.366 e. The molecule has 26 heavy (non-hydrogen) atoms. The molecule has 1 amide bonds. The van der Waals surface area contributed by atoms with Crippen LogP contribution in [-0.4, -0.2) is 33.4 Å². The van der Waals surface area contributed by atoms with Gasteiger partial charge >= 0.3 is 0 Å². The van der Waals surface area contributed by atoms with Crippen LogP contribution in [0.15, 0.2) is 24.3 Å². The van der Waals surface area contributed by atoms with Crippen molar-refractivity contribution in [1.82, 2.24) is 20.3 Å². The van der Waals surface area contributed by atoms with E-state index in [0.717, 1.165) is 45.1 Å². The summed E-state index contributed by atoms with van der Waals surface area (Å²) in [6, 6.07) is 8.47. The van der Waals surface area contributed by atoms with Crippen molar-refractivity contribution < 1.29 is 4.79 Å². The van der Waals surface area contributed by atoms with E-state index in [1.54, 1.807) is 0 Å². The Morgan fingerprint density at radius 3 is 2.81 bits per heavy atom. The highest BCUT2D eigenvalue weighted by molar-refractivity contribution is 6.00. The van der Waals surface area contributed by atoms with E-state index in [2.05, 4.69) is 22.5 Å². The average molecular weight is 347 g/mol. The molecule has 3 N–H and O–H groups in total. The summed E-state index contributed by atoms with van der Waals surface area (Å²) in [4.78, 5) is 25.3. The van der Waals surface area contributed by atoms with E-state index < -0.39 is 0 Å². The van der Waals surface area contributed by atoms with Crippen molar-refractivity contribution in [3.8, 4) is 11.3 Å². The van der Waals surface area contributed by atoms with Gasteiger partial charge < -0.3 is 15.6 Å². The number of fused-ring (bicyclic) bond motifs is 2. The van der Waals surface area contributed by atoms with Gasteiger partial charge in [0.1, 0.15) is 11.3 Å². The maximum absolute atomic E-state index is 12.2. The Morgan fingerprint density at radius 2 is 2.04 bits per heavy atom. The first-order valence-electron chi connectivity index (χ1n) is 9.15. The van der Waals surface area contributed by atoms with Crippen molar-refractivity contribution in [1.29, 1.82) is 0 Å². The van der Waals surface area contributed by atoms with Gasteiger partial charge in [-0.25, -0.2) is 9.97 Å². The van der Waals surface area contributed by atoms with Crippen LogP contribution < -0.4 is 10.6 Å². The van der Waals surface area contributed by atoms with Gasteiger partial charge in [0.2, 0.25) is 0 Å². The number of benzene rings is 1. The molecule has 3 heterocycles. The van der Waals surface area contributed by atoms with E-state index in [4.69, 9.17) is 9.97 Å². The Balaban J connectivity index is 1.67. The first-order valence-corrected chi connectivity index (χ1v) is 9.15. The van der Waals surface area contributed by atoms with Crippen molar-refractivity contribution in [2.24, 2.45) is 0 Å². The van der Waals surface area contributed by atoms with E-state index >= 15 is 0 Å². The summed E-state index contributed by atoms with van der Waals surface area (Å²) in [5.74, 6) is 1.11. The zero-order valence-corrected chi connectivity index (χ0v) is 14.9. The second-order valence-corrected chi connectivity index (χ2v) is 7.37. The standard InChI is InChI=1S/C20H21N5O/c1-10-9-21-20(26)14-8-16(24-17(10)14)13-4-3-5-15-18(13)25-19(11(2)22-15)23-12-6-7-12/h3-5,8,10,12,24H,6-7,9H2,1-2H3,(H,21,26)(H,23,25)/t10-/m0/s1. The molecule has 6 heteroatoms. The number of amides is 1. The topological polar surface area (TPSA) is 82.7 Å². The number of carbonyl (C=O) groups is 1. The molecule has 0 spiro atoms. The fourth-order valence-electron chi connectivity index (χ4n) is 3.58. The van der Waals surface area contributed by atoms with E-state index in [9.17, 15) is 4.79 Å². The molecule has 1 atom stereocenters. The third-order valence-electron chi connectivity index (χ3n) is 5.23. The Bertz CT molecular complexity index is 1030. The minimum atomic E-state index is -0.0149. The molecule has 0 unspecified atom stereocenters. The number of para-hydroxylation sites is 1. The van der Waals surface area contributed by atoms with Gasteiger partial charge in [-0.2, -0.15) is 0 Å². The number of aromatic amines is 1. The lowest BCUT2D eigenvalue weighted by molar-refractivity contribution is 0.0941. The fraction of sp³-hybridized carbons (Fsp3) is 0.350. The van der Waals surface area contributed by atoms with Gasteiger partial charge in [0.15, 0.2) is 0 Å². The van der Waals surface area contributed by atoms with Crippen LogP contribution in [-0.2, 0) is 0 Å². The SMILES string of the molecule is Cc1nc2cccc(-c3cc4c([nH]3)[C@@H](C)CNC4=O)c2nc1NC1CC1. The summed E-state index contributed by atoms with van der Waals surface area (Å²) >= 11 is 0. The number of carbonyl (C=O) groups excluding carboxylic acids is 1. The normalized spacial score (nSPS) is 19.3. The molecule has 0 bridgehead atoms. The predicted octanol–water partition coefficient (Wildman–Crippen LogP) is 3.35. The second kappa shape index (κ2) is 5.56. The summed E-state index contributed by atoms with van der Waals surface area (Å²) < 4.78 is 0. The number of hydrogen-bond acceptors (Lipinski definition) is 4. The van der Waals surface area contributed by atoms with E-state index in [0.29, 0.717) is 12.6 Å². The van der Waals surface area contributed by atoms with Crippen molar-refractivity contribution >= 4 is 22.8 Å². The summed E-state index contributed by atoms with van der Waals surface area (Å²) in [5, 5.41) is 6.41. The molecule has 1 aliphatic heterocycles. The number of nitrogens with one attached hydrogen (secondary N) is 3. The highest BCUT2D eigenvalue weighted by Crippen LogP contribution is 2.33. The lowest BCUT2D eigenvalue weighted by atomic mass is 9.99. The average Bonchev–Trinajstić information content (AvgIpc) is 3.32. The van der Waals surface area contributed by atoms with Gasteiger partial charge in [0, 0.05) is 35.5 Å². The van der Waals surface area contributed by atoms with Crippen molar-refractivity contribution in [2.75, 3.05) is 11.9 Å². The molecule has 1 aliphatic carbocycles. The Morgan fingerprint density at radius 1 is 1.19 bits per heavy atom. The third kappa shape index (κ3) is 2.44. The number of nitrogens with zero attached hydrogens (tertiary/aromatic N) is 2. The van der Waals surface area contributed by atoms with Gasteiger partial charge in [-0.05, 0) is 31.9 Å². The molecule has 1 fully saturated rings. The number of aryl methyl sites for hydroxylation is 1. The van der Waals surface area contributed by atoms with Gasteiger partial charge in [-0.15, -0.1) is 0 Å². The van der Waals surface area contributed by atoms with Crippen LogP contribution in [0.5, 0.6) is 0 Å². The van der Waals surface area contributed by atoms with E-state index in [-0.39, 0.29) is 11.8 Å². The Hall–Kier alpha value is -2.89. The molecule has 5 rings (SSSR count). The predicted molar refractivity (Wildman–Crippen MR) is 101 cm³/mol. The lowest BCUT2D eigenvalue weighted by Crippen LogP contribution is -2.33. The number of anilines is 1. The Kier molecular flexibility index (Phi) is 3.29. The van der Waals surface area contributed by atoms with E-state index in [1.165, 1.54) is 12.8 Å².